The van der Waals surface area contributed by atoms with E-state index in [9.17, 15) is 0 Å². The summed E-state index contributed by atoms with van der Waals surface area (Å²) in [5.74, 6) is 0. The summed E-state index contributed by atoms with van der Waals surface area (Å²) in [6.07, 6.45) is 1.70. The minimum Gasteiger partial charge on any atom is -0.371 e. The molecule has 0 spiro atoms. The molecule has 0 bridgehead atoms. The van der Waals surface area contributed by atoms with Gasteiger partial charge in [-0.05, 0) is 46.7 Å². The molecular weight excluding hydrogens is 347 g/mol. The molecule has 0 aliphatic carbocycles. The van der Waals surface area contributed by atoms with Crippen LogP contribution in [0.5, 0.6) is 0 Å². The highest BCUT2D eigenvalue weighted by Gasteiger charge is 2.05. The summed E-state index contributed by atoms with van der Waals surface area (Å²) >= 11 is 7.97. The zero-order valence-electron chi connectivity index (χ0n) is 8.24. The summed E-state index contributed by atoms with van der Waals surface area (Å²) in [4.78, 5) is 3.92. The van der Waals surface area contributed by atoms with Crippen molar-refractivity contribution in [1.82, 2.24) is 4.98 Å². The number of hydrogen-bond donors (Lipinski definition) is 0. The summed E-state index contributed by atoms with van der Waals surface area (Å²) in [5, 5.41) is 0.493. The highest BCUT2D eigenvalue weighted by atomic mass is 127. The maximum Gasteiger partial charge on any atom is 0.129 e. The van der Waals surface area contributed by atoms with E-state index in [1.165, 1.54) is 0 Å². The van der Waals surface area contributed by atoms with Gasteiger partial charge in [-0.1, -0.05) is 11.6 Å². The third-order valence-electron chi connectivity index (χ3n) is 1.83. The van der Waals surface area contributed by atoms with E-state index in [-0.39, 0.29) is 6.10 Å². The Morgan fingerprint density at radius 1 is 1.60 bits per heavy atom. The molecule has 0 aliphatic heterocycles. The molecule has 1 aromatic heterocycles. The van der Waals surface area contributed by atoms with Gasteiger partial charge in [0.05, 0.1) is 25.8 Å². The van der Waals surface area contributed by atoms with Crippen LogP contribution in [0.4, 0.5) is 0 Å². The van der Waals surface area contributed by atoms with Crippen LogP contribution in [0.15, 0.2) is 18.3 Å². The van der Waals surface area contributed by atoms with Gasteiger partial charge in [-0.25, -0.2) is 4.98 Å². The molecule has 1 rings (SSSR count). The van der Waals surface area contributed by atoms with Crippen molar-refractivity contribution in [2.45, 2.75) is 13.0 Å². The molecule has 0 saturated carbocycles. The first-order valence-corrected chi connectivity index (χ1v) is 8.84. The van der Waals surface area contributed by atoms with Crippen molar-refractivity contribution in [3.8, 4) is 0 Å². The maximum atomic E-state index is 5.78. The number of aromatic nitrogens is 1. The summed E-state index contributed by atoms with van der Waals surface area (Å²) < 4.78 is 10.8. The van der Waals surface area contributed by atoms with E-state index < -0.39 is 0 Å². The highest BCUT2D eigenvalue weighted by Crippen LogP contribution is 2.22. The lowest BCUT2D eigenvalue weighted by Crippen LogP contribution is -2.05. The van der Waals surface area contributed by atoms with Gasteiger partial charge < -0.3 is 9.26 Å². The highest BCUT2D eigenvalue weighted by molar-refractivity contribution is 14.2. The van der Waals surface area contributed by atoms with Crippen molar-refractivity contribution in [1.29, 1.82) is 0 Å². The average Bonchev–Trinajstić information content (AvgIpc) is 2.24. The minimum atomic E-state index is 0.0200. The molecular formula is C9H12ClINO2P. The zero-order valence-corrected chi connectivity index (χ0v) is 12.2. The molecule has 0 saturated heterocycles. The van der Waals surface area contributed by atoms with Crippen LogP contribution >= 0.6 is 40.1 Å². The Morgan fingerprint density at radius 3 is 3.07 bits per heavy atom. The number of hydrogen-bond acceptors (Lipinski definition) is 3. The second kappa shape index (κ2) is 7.74. The van der Waals surface area contributed by atoms with Gasteiger partial charge in [0.1, 0.15) is 5.15 Å². The van der Waals surface area contributed by atoms with E-state index in [4.69, 9.17) is 20.9 Å². The van der Waals surface area contributed by atoms with Crippen LogP contribution in [-0.2, 0) is 9.26 Å². The first-order chi connectivity index (χ1) is 7.24. The van der Waals surface area contributed by atoms with Gasteiger partial charge in [0.25, 0.3) is 0 Å². The molecule has 15 heavy (non-hydrogen) atoms. The van der Waals surface area contributed by atoms with Gasteiger partial charge in [0, 0.05) is 6.20 Å². The van der Waals surface area contributed by atoms with Crippen LogP contribution in [0.25, 0.3) is 0 Å². The fraction of sp³-hybridized carbons (Fsp3) is 0.444. The van der Waals surface area contributed by atoms with E-state index in [0.29, 0.717) is 24.8 Å². The van der Waals surface area contributed by atoms with E-state index in [1.807, 2.05) is 19.1 Å². The zero-order chi connectivity index (χ0) is 11.1. The van der Waals surface area contributed by atoms with Crippen molar-refractivity contribution in [3.05, 3.63) is 29.0 Å². The van der Waals surface area contributed by atoms with Gasteiger partial charge in [0.15, 0.2) is 0 Å². The molecule has 1 heterocycles. The fourth-order valence-corrected chi connectivity index (χ4v) is 2.08. The molecule has 2 atom stereocenters. The molecule has 3 nitrogen and oxygen atoms in total. The largest absolute Gasteiger partial charge is 0.371 e. The van der Waals surface area contributed by atoms with Crippen LogP contribution in [-0.4, -0.2) is 18.2 Å². The predicted molar refractivity (Wildman–Crippen MR) is 71.9 cm³/mol. The van der Waals surface area contributed by atoms with Crippen LogP contribution in [0, 0.1) is 0 Å². The summed E-state index contributed by atoms with van der Waals surface area (Å²) in [6.45, 7) is 3.69. The number of pyridine rings is 1. The van der Waals surface area contributed by atoms with Crippen LogP contribution in [0.2, 0.25) is 5.15 Å². The number of halogens is 2. The summed E-state index contributed by atoms with van der Waals surface area (Å²) in [7, 11) is 0. The first kappa shape index (κ1) is 13.6. The maximum absolute atomic E-state index is 5.78. The molecule has 0 aliphatic rings. The third kappa shape index (κ3) is 5.41. The van der Waals surface area contributed by atoms with Crippen LogP contribution in [0.3, 0.4) is 0 Å². The quantitative estimate of drug-likeness (QED) is 0.335. The Morgan fingerprint density at radius 2 is 2.40 bits per heavy atom. The molecule has 0 N–H and O–H groups in total. The monoisotopic (exact) mass is 359 g/mol. The van der Waals surface area contributed by atoms with Crippen molar-refractivity contribution in [2.24, 2.45) is 0 Å². The van der Waals surface area contributed by atoms with Crippen molar-refractivity contribution >= 4 is 40.1 Å². The SMILES string of the molecule is CC(OCCOPI)c1ccnc(Cl)c1. The van der Waals surface area contributed by atoms with Crippen molar-refractivity contribution < 1.29 is 9.26 Å². The van der Waals surface area contributed by atoms with E-state index in [2.05, 4.69) is 27.0 Å². The van der Waals surface area contributed by atoms with E-state index >= 15 is 0 Å². The van der Waals surface area contributed by atoms with Gasteiger partial charge in [-0.2, -0.15) is 0 Å². The Bertz CT molecular complexity index is 303. The van der Waals surface area contributed by atoms with Gasteiger partial charge in [0.2, 0.25) is 0 Å². The summed E-state index contributed by atoms with van der Waals surface area (Å²) in [6, 6.07) is 3.71. The number of ether oxygens (including phenoxy) is 1. The van der Waals surface area contributed by atoms with Crippen molar-refractivity contribution in [3.63, 3.8) is 0 Å². The fourth-order valence-electron chi connectivity index (χ4n) is 1.07. The van der Waals surface area contributed by atoms with Gasteiger partial charge in [-0.3, -0.25) is 0 Å². The molecule has 6 heteroatoms. The third-order valence-corrected chi connectivity index (χ3v) is 3.28. The van der Waals surface area contributed by atoms with Crippen LogP contribution < -0.4 is 0 Å². The van der Waals surface area contributed by atoms with Gasteiger partial charge >= 0.3 is 0 Å². The second-order valence-electron chi connectivity index (χ2n) is 2.85. The van der Waals surface area contributed by atoms with E-state index in [1.54, 1.807) is 6.20 Å². The predicted octanol–water partition coefficient (Wildman–Crippen LogP) is 3.77. The van der Waals surface area contributed by atoms with Crippen LogP contribution in [0.1, 0.15) is 18.6 Å². The van der Waals surface area contributed by atoms with E-state index in [0.717, 1.165) is 5.56 Å². The lowest BCUT2D eigenvalue weighted by Gasteiger charge is -2.13. The molecule has 2 unspecified atom stereocenters. The second-order valence-corrected chi connectivity index (χ2v) is 5.00. The van der Waals surface area contributed by atoms with Crippen molar-refractivity contribution in [2.75, 3.05) is 13.2 Å². The number of nitrogens with zero attached hydrogens (tertiary/aromatic N) is 1. The Labute approximate surface area is 109 Å². The Hall–Kier alpha value is 0.520. The smallest absolute Gasteiger partial charge is 0.129 e. The first-order valence-electron chi connectivity index (χ1n) is 4.44. The Balaban J connectivity index is 2.36. The lowest BCUT2D eigenvalue weighted by molar-refractivity contribution is 0.0475. The minimum absolute atomic E-state index is 0.0200. The standard InChI is InChI=1S/C9H12ClINO2P/c1-7(13-4-5-14-15-11)8-2-3-12-9(10)6-8/h2-3,6-7,15H,4-5H2,1H3. The van der Waals surface area contributed by atoms with Gasteiger partial charge in [-0.15, -0.1) is 0 Å². The number of rotatable bonds is 6. The molecule has 0 radical (unpaired) electrons. The molecule has 0 amide bonds. The molecule has 0 aromatic carbocycles. The molecule has 84 valence electrons. The summed E-state index contributed by atoms with van der Waals surface area (Å²) in [5.41, 5.74) is 1.03. The average molecular weight is 360 g/mol. The molecule has 0 fully saturated rings. The molecule has 1 aromatic rings. The lowest BCUT2D eigenvalue weighted by atomic mass is 10.2. The Kier molecular flexibility index (Phi) is 7.01. The topological polar surface area (TPSA) is 31.4 Å². The normalized spacial score (nSPS) is 13.5.